The standard InChI is InChI=1S/C30H40F4O5/c1-5-6-7-8-22-9-13-25(14-10-22)29(31,32)30(33,34)26-15-11-23(12-16-26)24(18-38-27(36)20(2)3)19-39-28(37)21(4)17-35/h11-12,15-16,22,24-25,35H,2,4-10,13-14,17-19H2,1,3H3. The molecule has 39 heavy (non-hydrogen) atoms. The Balaban J connectivity index is 2.14. The number of unbranched alkanes of at least 4 members (excludes halogenated alkanes) is 2. The lowest BCUT2D eigenvalue weighted by molar-refractivity contribution is -0.249. The number of halogens is 4. The summed E-state index contributed by atoms with van der Waals surface area (Å²) >= 11 is 0. The molecule has 1 fully saturated rings. The summed E-state index contributed by atoms with van der Waals surface area (Å²) in [4.78, 5) is 23.7. The molecule has 1 aliphatic rings. The van der Waals surface area contributed by atoms with E-state index in [1.807, 2.05) is 0 Å². The van der Waals surface area contributed by atoms with Gasteiger partial charge < -0.3 is 14.6 Å². The van der Waals surface area contributed by atoms with Crippen molar-refractivity contribution >= 4 is 11.9 Å². The van der Waals surface area contributed by atoms with Crippen LogP contribution in [0.1, 0.15) is 82.3 Å². The number of benzene rings is 1. The fourth-order valence-electron chi connectivity index (χ4n) is 4.79. The van der Waals surface area contributed by atoms with Crippen LogP contribution >= 0.6 is 0 Å². The zero-order chi connectivity index (χ0) is 29.2. The van der Waals surface area contributed by atoms with Crippen LogP contribution in [0, 0.1) is 11.8 Å². The van der Waals surface area contributed by atoms with Gasteiger partial charge in [-0.2, -0.15) is 17.6 Å². The summed E-state index contributed by atoms with van der Waals surface area (Å²) in [7, 11) is 0. The van der Waals surface area contributed by atoms with Crippen molar-refractivity contribution in [1.29, 1.82) is 0 Å². The number of carbonyl (C=O) groups is 2. The van der Waals surface area contributed by atoms with Gasteiger partial charge in [0.1, 0.15) is 13.2 Å². The Hall–Kier alpha value is -2.68. The molecule has 0 bridgehead atoms. The molecule has 0 spiro atoms. The highest BCUT2D eigenvalue weighted by Crippen LogP contribution is 2.52. The monoisotopic (exact) mass is 556 g/mol. The number of rotatable bonds is 15. The topological polar surface area (TPSA) is 72.8 Å². The highest BCUT2D eigenvalue weighted by atomic mass is 19.3. The summed E-state index contributed by atoms with van der Waals surface area (Å²) in [6.45, 7) is 9.16. The van der Waals surface area contributed by atoms with Gasteiger partial charge >= 0.3 is 23.8 Å². The Kier molecular flexibility index (Phi) is 12.2. The smallest absolute Gasteiger partial charge is 0.335 e. The van der Waals surface area contributed by atoms with Gasteiger partial charge in [-0.25, -0.2) is 9.59 Å². The molecule has 2 rings (SSSR count). The zero-order valence-electron chi connectivity index (χ0n) is 22.8. The fourth-order valence-corrected chi connectivity index (χ4v) is 4.79. The highest BCUT2D eigenvalue weighted by Gasteiger charge is 2.61. The van der Waals surface area contributed by atoms with Crippen molar-refractivity contribution in [2.75, 3.05) is 19.8 Å². The molecule has 1 unspecified atom stereocenters. The minimum Gasteiger partial charge on any atom is -0.462 e. The summed E-state index contributed by atoms with van der Waals surface area (Å²) in [5.74, 6) is -12.0. The van der Waals surface area contributed by atoms with Crippen molar-refractivity contribution in [3.05, 3.63) is 59.7 Å². The lowest BCUT2D eigenvalue weighted by atomic mass is 9.75. The van der Waals surface area contributed by atoms with Gasteiger partial charge in [0.25, 0.3) is 0 Å². The lowest BCUT2D eigenvalue weighted by Gasteiger charge is -2.37. The zero-order valence-corrected chi connectivity index (χ0v) is 22.8. The molecule has 0 aliphatic heterocycles. The van der Waals surface area contributed by atoms with Gasteiger partial charge in [0, 0.05) is 17.1 Å². The molecule has 0 radical (unpaired) electrons. The molecule has 1 N–H and O–H groups in total. The van der Waals surface area contributed by atoms with Crippen molar-refractivity contribution in [2.45, 2.75) is 83.0 Å². The number of esters is 2. The third-order valence-electron chi connectivity index (χ3n) is 7.40. The van der Waals surface area contributed by atoms with Crippen molar-refractivity contribution in [3.63, 3.8) is 0 Å². The number of ether oxygens (including phenoxy) is 2. The number of alkyl halides is 4. The van der Waals surface area contributed by atoms with Gasteiger partial charge in [-0.15, -0.1) is 0 Å². The van der Waals surface area contributed by atoms with E-state index in [-0.39, 0.29) is 37.2 Å². The second kappa shape index (κ2) is 14.6. The van der Waals surface area contributed by atoms with Crippen molar-refractivity contribution in [3.8, 4) is 0 Å². The number of hydrogen-bond donors (Lipinski definition) is 1. The molecule has 5 nitrogen and oxygen atoms in total. The first kappa shape index (κ1) is 32.5. The van der Waals surface area contributed by atoms with E-state index >= 15 is 17.6 Å². The molecule has 218 valence electrons. The van der Waals surface area contributed by atoms with E-state index in [0.29, 0.717) is 24.3 Å². The van der Waals surface area contributed by atoms with Gasteiger partial charge in [-0.1, -0.05) is 70.0 Å². The Morgan fingerprint density at radius 1 is 0.974 bits per heavy atom. The molecule has 1 saturated carbocycles. The predicted molar refractivity (Wildman–Crippen MR) is 141 cm³/mol. The molecule has 0 saturated heterocycles. The van der Waals surface area contributed by atoms with Crippen LogP contribution in [0.3, 0.4) is 0 Å². The van der Waals surface area contributed by atoms with E-state index < -0.39 is 47.8 Å². The first-order chi connectivity index (χ1) is 18.3. The van der Waals surface area contributed by atoms with E-state index in [0.717, 1.165) is 37.8 Å². The largest absolute Gasteiger partial charge is 0.462 e. The highest BCUT2D eigenvalue weighted by molar-refractivity contribution is 5.88. The van der Waals surface area contributed by atoms with E-state index in [1.54, 1.807) is 0 Å². The molecule has 0 aromatic heterocycles. The van der Waals surface area contributed by atoms with Gasteiger partial charge in [0.05, 0.1) is 18.1 Å². The Morgan fingerprint density at radius 3 is 2.05 bits per heavy atom. The molecule has 1 atom stereocenters. The van der Waals surface area contributed by atoms with Crippen molar-refractivity contribution < 1.29 is 41.7 Å². The average Bonchev–Trinajstić information content (AvgIpc) is 2.92. The van der Waals surface area contributed by atoms with E-state index in [4.69, 9.17) is 14.6 Å². The van der Waals surface area contributed by atoms with Crippen LogP contribution < -0.4 is 0 Å². The van der Waals surface area contributed by atoms with Crippen LogP contribution in [-0.2, 0) is 25.0 Å². The molecule has 0 heterocycles. The maximum Gasteiger partial charge on any atom is 0.335 e. The molecule has 1 aromatic rings. The molecule has 1 aliphatic carbocycles. The quantitative estimate of drug-likeness (QED) is 0.108. The summed E-state index contributed by atoms with van der Waals surface area (Å²) in [5.41, 5.74) is -0.543. The third kappa shape index (κ3) is 8.65. The minimum atomic E-state index is -4.38. The van der Waals surface area contributed by atoms with Crippen LogP contribution in [0.15, 0.2) is 48.6 Å². The molecular formula is C30H40F4O5. The minimum absolute atomic E-state index is 0.0676. The van der Waals surface area contributed by atoms with Crippen LogP contribution in [0.2, 0.25) is 0 Å². The molecule has 0 amide bonds. The van der Waals surface area contributed by atoms with Crippen molar-refractivity contribution in [1.82, 2.24) is 0 Å². The second-order valence-electron chi connectivity index (χ2n) is 10.5. The van der Waals surface area contributed by atoms with Gasteiger partial charge in [-0.3, -0.25) is 0 Å². The Morgan fingerprint density at radius 2 is 1.54 bits per heavy atom. The van der Waals surface area contributed by atoms with Crippen molar-refractivity contribution in [2.24, 2.45) is 11.8 Å². The van der Waals surface area contributed by atoms with Gasteiger partial charge in [-0.05, 0) is 44.1 Å². The van der Waals surface area contributed by atoms with Crippen LogP contribution in [-0.4, -0.2) is 42.8 Å². The summed E-state index contributed by atoms with van der Waals surface area (Å²) < 4.78 is 70.9. The number of hydrogen-bond acceptors (Lipinski definition) is 5. The maximum absolute atomic E-state index is 15.2. The maximum atomic E-state index is 15.2. The average molecular weight is 557 g/mol. The lowest BCUT2D eigenvalue weighted by Crippen LogP contribution is -2.45. The normalized spacial score (nSPS) is 18.7. The first-order valence-electron chi connectivity index (χ1n) is 13.5. The van der Waals surface area contributed by atoms with Gasteiger partial charge in [0.2, 0.25) is 0 Å². The number of aliphatic hydroxyl groups excluding tert-OH is 1. The number of carbonyl (C=O) groups excluding carboxylic acids is 2. The second-order valence-corrected chi connectivity index (χ2v) is 10.5. The van der Waals surface area contributed by atoms with E-state index in [9.17, 15) is 9.59 Å². The molecule has 1 aromatic carbocycles. The molecular weight excluding hydrogens is 516 g/mol. The Labute approximate surface area is 228 Å². The van der Waals surface area contributed by atoms with E-state index in [1.165, 1.54) is 19.1 Å². The summed E-state index contributed by atoms with van der Waals surface area (Å²) in [5, 5.41) is 9.04. The predicted octanol–water partition coefficient (Wildman–Crippen LogP) is 7.10. The van der Waals surface area contributed by atoms with Gasteiger partial charge in [0.15, 0.2) is 0 Å². The molecule has 9 heteroatoms. The fraction of sp³-hybridized carbons (Fsp3) is 0.600. The van der Waals surface area contributed by atoms with E-state index in [2.05, 4.69) is 20.1 Å². The van der Waals surface area contributed by atoms with Crippen LogP contribution in [0.25, 0.3) is 0 Å². The SMILES string of the molecule is C=C(C)C(=O)OCC(COC(=O)C(=C)CO)c1ccc(C(F)(F)C(F)(F)C2CCC(CCCCC)CC2)cc1. The first-order valence-corrected chi connectivity index (χ1v) is 13.5. The summed E-state index contributed by atoms with van der Waals surface area (Å²) in [6, 6.07) is 4.33. The Bertz CT molecular complexity index is 982. The van der Waals surface area contributed by atoms with Crippen LogP contribution in [0.4, 0.5) is 17.6 Å². The summed E-state index contributed by atoms with van der Waals surface area (Å²) in [6.07, 6.45) is 5.35. The van der Waals surface area contributed by atoms with Crippen LogP contribution in [0.5, 0.6) is 0 Å². The third-order valence-corrected chi connectivity index (χ3v) is 7.40. The number of aliphatic hydroxyl groups is 1.